The maximum atomic E-state index is 12.4. The van der Waals surface area contributed by atoms with Crippen LogP contribution in [-0.4, -0.2) is 69.4 Å². The summed E-state index contributed by atoms with van der Waals surface area (Å²) in [6, 6.07) is 12.0. The quantitative estimate of drug-likeness (QED) is 0.561. The summed E-state index contributed by atoms with van der Waals surface area (Å²) in [5.74, 6) is -0.361. The van der Waals surface area contributed by atoms with E-state index >= 15 is 0 Å². The van der Waals surface area contributed by atoms with Crippen molar-refractivity contribution in [3.05, 3.63) is 65.4 Å². The summed E-state index contributed by atoms with van der Waals surface area (Å²) in [7, 11) is 0. The van der Waals surface area contributed by atoms with Crippen molar-refractivity contribution in [3.8, 4) is 10.8 Å². The van der Waals surface area contributed by atoms with E-state index < -0.39 is 5.97 Å². The van der Waals surface area contributed by atoms with E-state index in [1.165, 1.54) is 16.9 Å². The zero-order chi connectivity index (χ0) is 20.8. The van der Waals surface area contributed by atoms with E-state index in [1.54, 1.807) is 28.7 Å². The van der Waals surface area contributed by atoms with Crippen molar-refractivity contribution in [3.63, 3.8) is 0 Å². The predicted molar refractivity (Wildman–Crippen MR) is 112 cm³/mol. The van der Waals surface area contributed by atoms with Gasteiger partial charge in [-0.15, -0.1) is 11.3 Å². The molecule has 0 bridgehead atoms. The molecule has 2 aromatic heterocycles. The SMILES string of the molecule is O=C(OCC(=O)N1CCN(Cc2ccccc2)CC1)c1csc(-c2ncccn2)n1. The average Bonchev–Trinajstić information content (AvgIpc) is 3.30. The molecule has 3 heterocycles. The first-order chi connectivity index (χ1) is 14.7. The predicted octanol–water partition coefficient (Wildman–Crippen LogP) is 2.10. The number of nitrogens with zero attached hydrogens (tertiary/aromatic N) is 5. The van der Waals surface area contributed by atoms with E-state index in [2.05, 4.69) is 32.0 Å². The van der Waals surface area contributed by atoms with Gasteiger partial charge in [-0.2, -0.15) is 0 Å². The van der Waals surface area contributed by atoms with Crippen LogP contribution >= 0.6 is 11.3 Å². The van der Waals surface area contributed by atoms with E-state index in [-0.39, 0.29) is 18.2 Å². The first-order valence-electron chi connectivity index (χ1n) is 9.63. The molecule has 0 saturated carbocycles. The maximum Gasteiger partial charge on any atom is 0.358 e. The maximum absolute atomic E-state index is 12.4. The second kappa shape index (κ2) is 9.55. The number of aromatic nitrogens is 3. The van der Waals surface area contributed by atoms with Gasteiger partial charge in [-0.1, -0.05) is 30.3 Å². The van der Waals surface area contributed by atoms with Crippen molar-refractivity contribution in [1.82, 2.24) is 24.8 Å². The second-order valence-electron chi connectivity index (χ2n) is 6.83. The number of thiazole rings is 1. The molecule has 8 nitrogen and oxygen atoms in total. The fourth-order valence-electron chi connectivity index (χ4n) is 3.17. The highest BCUT2D eigenvalue weighted by Gasteiger charge is 2.23. The number of piperazine rings is 1. The van der Waals surface area contributed by atoms with E-state index in [4.69, 9.17) is 4.74 Å². The Morgan fingerprint density at radius 3 is 2.47 bits per heavy atom. The zero-order valence-corrected chi connectivity index (χ0v) is 17.1. The molecule has 3 aromatic rings. The van der Waals surface area contributed by atoms with Crippen molar-refractivity contribution in [1.29, 1.82) is 0 Å². The molecule has 0 unspecified atom stereocenters. The topological polar surface area (TPSA) is 88.5 Å². The van der Waals surface area contributed by atoms with E-state index in [9.17, 15) is 9.59 Å². The molecule has 0 radical (unpaired) electrons. The van der Waals surface area contributed by atoms with Crippen molar-refractivity contribution in [2.24, 2.45) is 0 Å². The molecule has 1 aromatic carbocycles. The van der Waals surface area contributed by atoms with Crippen molar-refractivity contribution in [2.75, 3.05) is 32.8 Å². The molecule has 0 N–H and O–H groups in total. The lowest BCUT2D eigenvalue weighted by atomic mass is 10.2. The van der Waals surface area contributed by atoms with Crippen LogP contribution < -0.4 is 0 Å². The standard InChI is InChI=1S/C21H21N5O3S/c27-18(26-11-9-25(10-12-26)13-16-5-2-1-3-6-16)14-29-21(28)17-15-30-20(24-17)19-22-7-4-8-23-19/h1-8,15H,9-14H2. The zero-order valence-electron chi connectivity index (χ0n) is 16.3. The van der Waals surface area contributed by atoms with Crippen LogP contribution in [0, 0.1) is 0 Å². The van der Waals surface area contributed by atoms with Gasteiger partial charge in [0.1, 0.15) is 0 Å². The van der Waals surface area contributed by atoms with Gasteiger partial charge in [0.2, 0.25) is 0 Å². The second-order valence-corrected chi connectivity index (χ2v) is 7.69. The lowest BCUT2D eigenvalue weighted by molar-refractivity contribution is -0.136. The summed E-state index contributed by atoms with van der Waals surface area (Å²) in [5, 5.41) is 2.12. The van der Waals surface area contributed by atoms with Crippen LogP contribution in [0.2, 0.25) is 0 Å². The monoisotopic (exact) mass is 423 g/mol. The van der Waals surface area contributed by atoms with Gasteiger partial charge in [0.05, 0.1) is 0 Å². The Bertz CT molecular complexity index is 988. The minimum atomic E-state index is -0.621. The minimum Gasteiger partial charge on any atom is -0.451 e. The molecule has 1 aliphatic rings. The molecule has 1 fully saturated rings. The van der Waals surface area contributed by atoms with Crippen molar-refractivity contribution < 1.29 is 14.3 Å². The Labute approximate surface area is 178 Å². The molecule has 154 valence electrons. The van der Waals surface area contributed by atoms with Crippen LogP contribution in [0.3, 0.4) is 0 Å². The van der Waals surface area contributed by atoms with Crippen LogP contribution in [0.1, 0.15) is 16.1 Å². The lowest BCUT2D eigenvalue weighted by Gasteiger charge is -2.34. The normalized spacial score (nSPS) is 14.5. The van der Waals surface area contributed by atoms with Crippen molar-refractivity contribution in [2.45, 2.75) is 6.54 Å². The highest BCUT2D eigenvalue weighted by molar-refractivity contribution is 7.13. The Hall–Kier alpha value is -3.17. The summed E-state index contributed by atoms with van der Waals surface area (Å²) < 4.78 is 5.17. The fraction of sp³-hybridized carbons (Fsp3) is 0.286. The Balaban J connectivity index is 1.23. The molecule has 4 rings (SSSR count). The van der Waals surface area contributed by atoms with Gasteiger partial charge in [-0.05, 0) is 11.6 Å². The van der Waals surface area contributed by atoms with Gasteiger partial charge in [0.25, 0.3) is 5.91 Å². The summed E-state index contributed by atoms with van der Waals surface area (Å²) in [6.07, 6.45) is 3.22. The Morgan fingerprint density at radius 2 is 1.73 bits per heavy atom. The number of amides is 1. The number of carbonyl (C=O) groups excluding carboxylic acids is 2. The van der Waals surface area contributed by atoms with Gasteiger partial charge < -0.3 is 9.64 Å². The molecule has 9 heteroatoms. The number of hydrogen-bond acceptors (Lipinski definition) is 8. The van der Waals surface area contributed by atoms with Crippen LogP contribution in [0.5, 0.6) is 0 Å². The van der Waals surface area contributed by atoms with Crippen LogP contribution in [0.25, 0.3) is 10.8 Å². The largest absolute Gasteiger partial charge is 0.451 e. The smallest absolute Gasteiger partial charge is 0.358 e. The number of rotatable bonds is 6. The fourth-order valence-corrected chi connectivity index (χ4v) is 3.90. The molecule has 1 aliphatic heterocycles. The number of ether oxygens (including phenoxy) is 1. The van der Waals surface area contributed by atoms with Gasteiger partial charge in [0, 0.05) is 50.5 Å². The van der Waals surface area contributed by atoms with E-state index in [0.29, 0.717) is 23.9 Å². The molecule has 30 heavy (non-hydrogen) atoms. The van der Waals surface area contributed by atoms with E-state index in [1.807, 2.05) is 18.2 Å². The molecular formula is C21H21N5O3S. The highest BCUT2D eigenvalue weighted by atomic mass is 32.1. The molecule has 1 amide bonds. The lowest BCUT2D eigenvalue weighted by Crippen LogP contribution is -2.49. The van der Waals surface area contributed by atoms with Crippen LogP contribution in [0.4, 0.5) is 0 Å². The van der Waals surface area contributed by atoms with Gasteiger partial charge in [-0.25, -0.2) is 19.7 Å². The first kappa shape index (κ1) is 20.1. The molecule has 1 saturated heterocycles. The Kier molecular flexibility index (Phi) is 6.41. The van der Waals surface area contributed by atoms with Gasteiger partial charge in [-0.3, -0.25) is 9.69 Å². The summed E-state index contributed by atoms with van der Waals surface area (Å²) in [5.41, 5.74) is 1.41. The molecule has 0 atom stereocenters. The Morgan fingerprint density at radius 1 is 1.00 bits per heavy atom. The van der Waals surface area contributed by atoms with Crippen LogP contribution in [0.15, 0.2) is 54.2 Å². The number of hydrogen-bond donors (Lipinski definition) is 0. The summed E-state index contributed by atoms with van der Waals surface area (Å²) >= 11 is 1.26. The molecular weight excluding hydrogens is 402 g/mol. The highest BCUT2D eigenvalue weighted by Crippen LogP contribution is 2.20. The molecule has 0 aliphatic carbocycles. The average molecular weight is 423 g/mol. The molecule has 0 spiro atoms. The summed E-state index contributed by atoms with van der Waals surface area (Å²) in [6.45, 7) is 3.41. The van der Waals surface area contributed by atoms with Crippen molar-refractivity contribution >= 4 is 23.2 Å². The third kappa shape index (κ3) is 5.05. The number of esters is 1. The third-order valence-electron chi connectivity index (χ3n) is 4.77. The van der Waals surface area contributed by atoms with E-state index in [0.717, 1.165) is 19.6 Å². The minimum absolute atomic E-state index is 0.155. The first-order valence-corrected chi connectivity index (χ1v) is 10.5. The number of benzene rings is 1. The number of carbonyl (C=O) groups is 2. The van der Waals surface area contributed by atoms with Gasteiger partial charge >= 0.3 is 5.97 Å². The third-order valence-corrected chi connectivity index (χ3v) is 5.61. The van der Waals surface area contributed by atoms with Gasteiger partial charge in [0.15, 0.2) is 23.1 Å². The summed E-state index contributed by atoms with van der Waals surface area (Å²) in [4.78, 5) is 41.1. The van der Waals surface area contributed by atoms with Crippen LogP contribution in [-0.2, 0) is 16.1 Å².